The van der Waals surface area contributed by atoms with Crippen LogP contribution in [0.4, 0.5) is 0 Å². The standard InChI is InChI=1S/C14H29N3O/c1-5-15-14(17-12-7-8-12)16-10-9-13(11(3)4)18-6-2/h11-13H,5-10H2,1-4H3,(H2,15,16,17). The summed E-state index contributed by atoms with van der Waals surface area (Å²) in [4.78, 5) is 4.61. The van der Waals surface area contributed by atoms with Crippen molar-refractivity contribution in [3.8, 4) is 0 Å². The largest absolute Gasteiger partial charge is 0.378 e. The lowest BCUT2D eigenvalue weighted by atomic mass is 10.0. The minimum Gasteiger partial charge on any atom is -0.378 e. The van der Waals surface area contributed by atoms with Crippen molar-refractivity contribution in [2.75, 3.05) is 19.7 Å². The first kappa shape index (κ1) is 15.3. The second-order valence-corrected chi connectivity index (χ2v) is 5.21. The average molecular weight is 255 g/mol. The summed E-state index contributed by atoms with van der Waals surface area (Å²) in [5, 5.41) is 6.71. The molecule has 0 saturated heterocycles. The van der Waals surface area contributed by atoms with Crippen LogP contribution >= 0.6 is 0 Å². The van der Waals surface area contributed by atoms with Crippen molar-refractivity contribution in [2.45, 2.75) is 59.1 Å². The van der Waals surface area contributed by atoms with Crippen molar-refractivity contribution in [1.29, 1.82) is 0 Å². The maximum atomic E-state index is 5.73. The number of hydrogen-bond donors (Lipinski definition) is 2. The molecule has 18 heavy (non-hydrogen) atoms. The highest BCUT2D eigenvalue weighted by molar-refractivity contribution is 5.80. The third kappa shape index (κ3) is 6.24. The molecule has 1 atom stereocenters. The Morgan fingerprint density at radius 2 is 2.06 bits per heavy atom. The molecule has 0 heterocycles. The van der Waals surface area contributed by atoms with Gasteiger partial charge in [-0.2, -0.15) is 0 Å². The normalized spacial score (nSPS) is 17.9. The van der Waals surface area contributed by atoms with Crippen LogP contribution in [-0.2, 0) is 4.74 Å². The van der Waals surface area contributed by atoms with E-state index in [1.165, 1.54) is 12.8 Å². The van der Waals surface area contributed by atoms with E-state index in [4.69, 9.17) is 4.74 Å². The molecule has 4 nitrogen and oxygen atoms in total. The molecule has 0 spiro atoms. The number of ether oxygens (including phenoxy) is 1. The molecule has 4 heteroatoms. The second kappa shape index (κ2) is 8.35. The Balaban J connectivity index is 2.32. The molecule has 0 aliphatic heterocycles. The predicted octanol–water partition coefficient (Wildman–Crippen LogP) is 2.16. The van der Waals surface area contributed by atoms with Gasteiger partial charge in [-0.3, -0.25) is 4.99 Å². The highest BCUT2D eigenvalue weighted by Crippen LogP contribution is 2.18. The van der Waals surface area contributed by atoms with Crippen molar-refractivity contribution < 1.29 is 4.74 Å². The smallest absolute Gasteiger partial charge is 0.191 e. The summed E-state index contributed by atoms with van der Waals surface area (Å²) in [5.74, 6) is 1.51. The van der Waals surface area contributed by atoms with Crippen LogP contribution in [0.5, 0.6) is 0 Å². The fraction of sp³-hybridized carbons (Fsp3) is 0.929. The fourth-order valence-corrected chi connectivity index (χ4v) is 1.87. The lowest BCUT2D eigenvalue weighted by Gasteiger charge is -2.20. The van der Waals surface area contributed by atoms with Gasteiger partial charge in [0.1, 0.15) is 0 Å². The predicted molar refractivity (Wildman–Crippen MR) is 77.0 cm³/mol. The number of nitrogens with one attached hydrogen (secondary N) is 2. The zero-order chi connectivity index (χ0) is 13.4. The number of guanidine groups is 1. The Kier molecular flexibility index (Phi) is 7.09. The zero-order valence-electron chi connectivity index (χ0n) is 12.3. The van der Waals surface area contributed by atoms with E-state index >= 15 is 0 Å². The number of aliphatic imine (C=N–C) groups is 1. The van der Waals surface area contributed by atoms with Crippen molar-refractivity contribution in [3.05, 3.63) is 0 Å². The van der Waals surface area contributed by atoms with Crippen LogP contribution in [0.25, 0.3) is 0 Å². The van der Waals surface area contributed by atoms with Crippen LogP contribution in [0, 0.1) is 5.92 Å². The van der Waals surface area contributed by atoms with E-state index in [2.05, 4.69) is 43.3 Å². The summed E-state index contributed by atoms with van der Waals surface area (Å²) in [6, 6.07) is 0.649. The molecule has 1 saturated carbocycles. The van der Waals surface area contributed by atoms with E-state index in [0.29, 0.717) is 18.1 Å². The summed E-state index contributed by atoms with van der Waals surface area (Å²) in [6.07, 6.45) is 3.87. The first-order chi connectivity index (χ1) is 8.67. The number of rotatable bonds is 8. The molecule has 0 aromatic carbocycles. The van der Waals surface area contributed by atoms with E-state index in [-0.39, 0.29) is 0 Å². The minimum atomic E-state index is 0.322. The molecule has 0 aromatic rings. The van der Waals surface area contributed by atoms with Crippen LogP contribution in [0.1, 0.15) is 47.0 Å². The summed E-state index contributed by atoms with van der Waals surface area (Å²) in [5.41, 5.74) is 0. The highest BCUT2D eigenvalue weighted by atomic mass is 16.5. The average Bonchev–Trinajstić information content (AvgIpc) is 3.11. The Morgan fingerprint density at radius 1 is 1.33 bits per heavy atom. The van der Waals surface area contributed by atoms with Gasteiger partial charge < -0.3 is 15.4 Å². The van der Waals surface area contributed by atoms with E-state index in [1.807, 2.05) is 0 Å². The highest BCUT2D eigenvalue weighted by Gasteiger charge is 2.22. The van der Waals surface area contributed by atoms with Crippen LogP contribution in [0.3, 0.4) is 0 Å². The van der Waals surface area contributed by atoms with Gasteiger partial charge in [0.05, 0.1) is 6.10 Å². The minimum absolute atomic E-state index is 0.322. The number of hydrogen-bond acceptors (Lipinski definition) is 2. The third-order valence-corrected chi connectivity index (χ3v) is 3.07. The van der Waals surface area contributed by atoms with Gasteiger partial charge in [0.15, 0.2) is 5.96 Å². The molecule has 2 N–H and O–H groups in total. The molecule has 0 amide bonds. The van der Waals surface area contributed by atoms with Crippen LogP contribution < -0.4 is 10.6 Å². The van der Waals surface area contributed by atoms with Gasteiger partial charge in [-0.05, 0) is 39.0 Å². The van der Waals surface area contributed by atoms with Crippen molar-refractivity contribution >= 4 is 5.96 Å². The first-order valence-electron chi connectivity index (χ1n) is 7.33. The van der Waals surface area contributed by atoms with Crippen molar-refractivity contribution in [2.24, 2.45) is 10.9 Å². The molecule has 0 radical (unpaired) electrons. The molecular weight excluding hydrogens is 226 g/mol. The van der Waals surface area contributed by atoms with Gasteiger partial charge in [-0.15, -0.1) is 0 Å². The molecule has 1 fully saturated rings. The Bertz CT molecular complexity index is 249. The maximum absolute atomic E-state index is 5.73. The Labute approximate surface area is 112 Å². The van der Waals surface area contributed by atoms with E-state index in [1.54, 1.807) is 0 Å². The van der Waals surface area contributed by atoms with Gasteiger partial charge in [0, 0.05) is 25.7 Å². The number of nitrogens with zero attached hydrogens (tertiary/aromatic N) is 1. The topological polar surface area (TPSA) is 45.7 Å². The molecule has 0 bridgehead atoms. The second-order valence-electron chi connectivity index (χ2n) is 5.21. The van der Waals surface area contributed by atoms with Crippen LogP contribution in [0.15, 0.2) is 4.99 Å². The first-order valence-corrected chi connectivity index (χ1v) is 7.33. The van der Waals surface area contributed by atoms with Crippen LogP contribution in [-0.4, -0.2) is 37.8 Å². The zero-order valence-corrected chi connectivity index (χ0v) is 12.3. The Hall–Kier alpha value is -0.770. The molecule has 1 aliphatic rings. The van der Waals surface area contributed by atoms with E-state index in [9.17, 15) is 0 Å². The third-order valence-electron chi connectivity index (χ3n) is 3.07. The molecule has 106 valence electrons. The maximum Gasteiger partial charge on any atom is 0.191 e. The molecule has 1 unspecified atom stereocenters. The van der Waals surface area contributed by atoms with E-state index in [0.717, 1.165) is 32.1 Å². The monoisotopic (exact) mass is 255 g/mol. The van der Waals surface area contributed by atoms with Crippen LogP contribution in [0.2, 0.25) is 0 Å². The quantitative estimate of drug-likeness (QED) is 0.516. The van der Waals surface area contributed by atoms with Gasteiger partial charge in [0.2, 0.25) is 0 Å². The molecule has 1 rings (SSSR count). The summed E-state index contributed by atoms with van der Waals surface area (Å²) in [7, 11) is 0. The van der Waals surface area contributed by atoms with Gasteiger partial charge in [-0.1, -0.05) is 13.8 Å². The fourth-order valence-electron chi connectivity index (χ4n) is 1.87. The molecule has 0 aromatic heterocycles. The molecular formula is C14H29N3O. The van der Waals surface area contributed by atoms with Gasteiger partial charge in [0.25, 0.3) is 0 Å². The summed E-state index contributed by atoms with van der Waals surface area (Å²) < 4.78 is 5.73. The van der Waals surface area contributed by atoms with Crippen molar-refractivity contribution in [1.82, 2.24) is 10.6 Å². The SMILES string of the molecule is CCNC(=NCCC(OCC)C(C)C)NC1CC1. The van der Waals surface area contributed by atoms with Crippen molar-refractivity contribution in [3.63, 3.8) is 0 Å². The van der Waals surface area contributed by atoms with E-state index < -0.39 is 0 Å². The Morgan fingerprint density at radius 3 is 2.56 bits per heavy atom. The lowest BCUT2D eigenvalue weighted by Crippen LogP contribution is -2.38. The summed E-state index contributed by atoms with van der Waals surface area (Å²) in [6.45, 7) is 11.1. The molecule has 1 aliphatic carbocycles. The van der Waals surface area contributed by atoms with Gasteiger partial charge in [-0.25, -0.2) is 0 Å². The van der Waals surface area contributed by atoms with Gasteiger partial charge >= 0.3 is 0 Å². The lowest BCUT2D eigenvalue weighted by molar-refractivity contribution is 0.0266. The summed E-state index contributed by atoms with van der Waals surface area (Å²) >= 11 is 0.